The van der Waals surface area contributed by atoms with Gasteiger partial charge in [-0.05, 0) is 62.3 Å². The number of carboxylic acids is 1. The molecule has 0 radical (unpaired) electrons. The maximum absolute atomic E-state index is 14.8. The van der Waals surface area contributed by atoms with Crippen molar-refractivity contribution < 1.29 is 38.1 Å². The number of rotatable bonds is 12. The van der Waals surface area contributed by atoms with Gasteiger partial charge in [0.1, 0.15) is 11.8 Å². The minimum absolute atomic E-state index is 0.0348. The smallest absolute Gasteiger partial charge is 0.306 e. The number of methoxy groups -OCH3 is 2. The number of hydrogen-bond acceptors (Lipinski definition) is 9. The number of aliphatic carboxylic acids is 1. The number of ketones is 1. The van der Waals surface area contributed by atoms with Crippen molar-refractivity contribution in [1.82, 2.24) is 9.80 Å². The predicted octanol–water partition coefficient (Wildman–Crippen LogP) is 5.21. The Bertz CT molecular complexity index is 1590. The zero-order chi connectivity index (χ0) is 33.1. The Morgan fingerprint density at radius 3 is 2.30 bits per heavy atom. The van der Waals surface area contributed by atoms with Crippen molar-refractivity contribution in [3.8, 4) is 0 Å². The van der Waals surface area contributed by atoms with Crippen LogP contribution in [-0.2, 0) is 30.2 Å². The van der Waals surface area contributed by atoms with Crippen molar-refractivity contribution >= 4 is 45.9 Å². The molecule has 2 aromatic carbocycles. The highest BCUT2D eigenvalue weighted by Gasteiger charge is 2.56. The van der Waals surface area contributed by atoms with Crippen molar-refractivity contribution in [3.63, 3.8) is 0 Å². The third kappa shape index (κ3) is 6.83. The molecule has 47 heavy (non-hydrogen) atoms. The van der Waals surface area contributed by atoms with Gasteiger partial charge in [0.15, 0.2) is 5.78 Å². The number of carboxylic acid groups (broad SMARTS) is 1. The van der Waals surface area contributed by atoms with Crippen LogP contribution in [0.4, 0.5) is 5.69 Å². The molecule has 2 aliphatic heterocycles. The lowest BCUT2D eigenvalue weighted by atomic mass is 9.87. The molecular formula is C35H42ClN3O8. The molecule has 2 N–H and O–H groups in total. The normalized spacial score (nSPS) is 25.2. The third-order valence-corrected chi connectivity index (χ3v) is 10.2. The number of hydrogen-bond donors (Lipinski definition) is 2. The number of furan rings is 1. The Hall–Kier alpha value is -3.32. The molecule has 6 rings (SSSR count). The number of fused-ring (bicyclic) bond motifs is 1. The van der Waals surface area contributed by atoms with Gasteiger partial charge in [-0.15, -0.1) is 0 Å². The fourth-order valence-electron chi connectivity index (χ4n) is 7.31. The Labute approximate surface area is 279 Å². The van der Waals surface area contributed by atoms with E-state index in [1.807, 2.05) is 18.2 Å². The number of halogens is 1. The van der Waals surface area contributed by atoms with E-state index in [2.05, 4.69) is 15.1 Å². The Balaban J connectivity index is 1.26. The average Bonchev–Trinajstić information content (AvgIpc) is 3.85. The molecule has 3 fully saturated rings. The highest BCUT2D eigenvalue weighted by molar-refractivity contribution is 6.34. The number of Topliss-reactive ketones (excluding diaryl/α,β-unsaturated/α-hetero) is 1. The largest absolute Gasteiger partial charge is 0.481 e. The number of likely N-dealkylation sites (tertiary alicyclic amines) is 2. The monoisotopic (exact) mass is 667 g/mol. The van der Waals surface area contributed by atoms with Gasteiger partial charge in [-0.2, -0.15) is 0 Å². The number of carbonyl (C=O) groups excluding carboxylic acids is 2. The van der Waals surface area contributed by atoms with Gasteiger partial charge < -0.3 is 29.1 Å². The van der Waals surface area contributed by atoms with Crippen LogP contribution in [0.25, 0.3) is 11.0 Å². The summed E-state index contributed by atoms with van der Waals surface area (Å²) in [6.07, 6.45) is 4.68. The van der Waals surface area contributed by atoms with E-state index in [0.29, 0.717) is 84.7 Å². The van der Waals surface area contributed by atoms with Gasteiger partial charge in [0, 0.05) is 52.2 Å². The van der Waals surface area contributed by atoms with Gasteiger partial charge >= 0.3 is 5.97 Å². The number of benzene rings is 2. The molecule has 3 heterocycles. The van der Waals surface area contributed by atoms with Crippen molar-refractivity contribution in [3.05, 3.63) is 64.9 Å². The molecule has 0 spiro atoms. The van der Waals surface area contributed by atoms with E-state index < -0.39 is 17.7 Å². The van der Waals surface area contributed by atoms with Crippen molar-refractivity contribution in [1.29, 1.82) is 0 Å². The number of ether oxygens (including phenoxy) is 3. The highest BCUT2D eigenvalue weighted by atomic mass is 35.5. The number of nitrogens with one attached hydrogen (secondary N) is 1. The maximum Gasteiger partial charge on any atom is 0.306 e. The quantitative estimate of drug-likeness (QED) is 0.266. The van der Waals surface area contributed by atoms with E-state index in [1.54, 1.807) is 38.5 Å². The second-order valence-corrected chi connectivity index (χ2v) is 13.1. The van der Waals surface area contributed by atoms with Crippen molar-refractivity contribution in [2.75, 3.05) is 45.7 Å². The first-order valence-electron chi connectivity index (χ1n) is 16.3. The average molecular weight is 668 g/mol. The first-order chi connectivity index (χ1) is 22.7. The van der Waals surface area contributed by atoms with Crippen molar-refractivity contribution in [2.45, 2.75) is 69.1 Å². The van der Waals surface area contributed by atoms with Gasteiger partial charge in [-0.3, -0.25) is 24.2 Å². The lowest BCUT2D eigenvalue weighted by Crippen LogP contribution is -2.67. The SMILES string of the molecule is CO[C@H]1CN(C(OC2CCC(C(=O)O)CC2)(C(=O)Cc2ccc(NC(=O)c3coc4ccccc34)c(Cl)c2)N2CCCC2)C[C@@H]1OC. The molecule has 1 aliphatic carbocycles. The van der Waals surface area contributed by atoms with Gasteiger partial charge in [0.2, 0.25) is 5.85 Å². The summed E-state index contributed by atoms with van der Waals surface area (Å²) in [4.78, 5) is 43.8. The topological polar surface area (TPSA) is 131 Å². The second-order valence-electron chi connectivity index (χ2n) is 12.7. The molecular weight excluding hydrogens is 626 g/mol. The van der Waals surface area contributed by atoms with Crippen LogP contribution in [0.1, 0.15) is 54.4 Å². The summed E-state index contributed by atoms with van der Waals surface area (Å²) in [5.41, 5.74) is 2.11. The summed E-state index contributed by atoms with van der Waals surface area (Å²) in [5.74, 6) is -3.06. The zero-order valence-electron chi connectivity index (χ0n) is 26.8. The number of amides is 1. The van der Waals surface area contributed by atoms with Gasteiger partial charge in [0.05, 0.1) is 40.5 Å². The molecule has 1 aromatic heterocycles. The summed E-state index contributed by atoms with van der Waals surface area (Å²) in [6, 6.07) is 12.5. The minimum atomic E-state index is -1.39. The van der Waals surface area contributed by atoms with E-state index in [-0.39, 0.29) is 36.4 Å². The third-order valence-electron chi connectivity index (χ3n) is 9.87. The summed E-state index contributed by atoms with van der Waals surface area (Å²) >= 11 is 6.69. The fourth-order valence-corrected chi connectivity index (χ4v) is 7.56. The van der Waals surface area contributed by atoms with Crippen LogP contribution in [0.5, 0.6) is 0 Å². The summed E-state index contributed by atoms with van der Waals surface area (Å²) in [7, 11) is 3.29. The van der Waals surface area contributed by atoms with Gasteiger partial charge in [-0.1, -0.05) is 35.9 Å². The number of carbonyl (C=O) groups is 3. The molecule has 3 aromatic rings. The molecule has 1 saturated carbocycles. The van der Waals surface area contributed by atoms with Crippen LogP contribution >= 0.6 is 11.6 Å². The van der Waals surface area contributed by atoms with Crippen LogP contribution < -0.4 is 5.32 Å². The molecule has 11 nitrogen and oxygen atoms in total. The molecule has 12 heteroatoms. The molecule has 3 atom stereocenters. The Morgan fingerprint density at radius 1 is 0.979 bits per heavy atom. The molecule has 3 aliphatic rings. The second kappa shape index (κ2) is 14.4. The van der Waals surface area contributed by atoms with E-state index in [9.17, 15) is 19.5 Å². The molecule has 1 unspecified atom stereocenters. The highest BCUT2D eigenvalue weighted by Crippen LogP contribution is 2.38. The summed E-state index contributed by atoms with van der Waals surface area (Å²) in [6.45, 7) is 2.26. The first kappa shape index (κ1) is 33.6. The predicted molar refractivity (Wildman–Crippen MR) is 176 cm³/mol. The standard InChI is InChI=1S/C35H42ClN3O8/c1-44-30-19-39(20-31(30)45-2)35(38-15-5-6-16-38,47-24-12-10-23(11-13-24)34(42)43)32(40)18-22-9-14-28(27(36)17-22)37-33(41)26-21-46-29-8-4-3-7-25(26)29/h3-4,7-9,14,17,21,23-24,30-31H,5-6,10-13,15-16,18-20H2,1-2H3,(H,37,41)(H,42,43)/t23?,24?,30-,31-,35?/m0/s1. The zero-order valence-corrected chi connectivity index (χ0v) is 27.5. The summed E-state index contributed by atoms with van der Waals surface area (Å²) in [5, 5.41) is 13.4. The van der Waals surface area contributed by atoms with Crippen LogP contribution in [0.3, 0.4) is 0 Å². The van der Waals surface area contributed by atoms with E-state index >= 15 is 0 Å². The Morgan fingerprint density at radius 2 is 1.66 bits per heavy atom. The van der Waals surface area contributed by atoms with E-state index in [1.165, 1.54) is 6.26 Å². The van der Waals surface area contributed by atoms with Crippen LogP contribution in [-0.4, -0.2) is 97.1 Å². The van der Waals surface area contributed by atoms with Crippen LogP contribution in [0.15, 0.2) is 53.1 Å². The van der Waals surface area contributed by atoms with Gasteiger partial charge in [-0.25, -0.2) is 0 Å². The van der Waals surface area contributed by atoms with Crippen molar-refractivity contribution in [2.24, 2.45) is 5.92 Å². The first-order valence-corrected chi connectivity index (χ1v) is 16.7. The number of para-hydroxylation sites is 1. The molecule has 252 valence electrons. The van der Waals surface area contributed by atoms with Crippen LogP contribution in [0.2, 0.25) is 5.02 Å². The van der Waals surface area contributed by atoms with E-state index in [0.717, 1.165) is 12.8 Å². The molecule has 1 amide bonds. The Kier molecular flexibility index (Phi) is 10.3. The summed E-state index contributed by atoms with van der Waals surface area (Å²) < 4.78 is 24.0. The number of anilines is 1. The lowest BCUT2D eigenvalue weighted by molar-refractivity contribution is -0.253. The lowest BCUT2D eigenvalue weighted by Gasteiger charge is -2.48. The minimum Gasteiger partial charge on any atom is -0.481 e. The maximum atomic E-state index is 14.8. The number of nitrogens with zero attached hydrogens (tertiary/aromatic N) is 2. The van der Waals surface area contributed by atoms with E-state index in [4.69, 9.17) is 30.2 Å². The van der Waals surface area contributed by atoms with Gasteiger partial charge in [0.25, 0.3) is 5.91 Å². The fraction of sp³-hybridized carbons (Fsp3) is 0.514. The molecule has 0 bridgehead atoms. The van der Waals surface area contributed by atoms with Crippen LogP contribution in [0, 0.1) is 5.92 Å². The molecule has 2 saturated heterocycles.